The molecule has 0 atom stereocenters. The minimum absolute atomic E-state index is 0.290. The zero-order chi connectivity index (χ0) is 13.5. The topological polar surface area (TPSA) is 39.1 Å². The molecule has 102 valence electrons. The number of nitrogens with one attached hydrogen (secondary N) is 1. The lowest BCUT2D eigenvalue weighted by Gasteiger charge is -2.11. The number of hydrogen-bond acceptors (Lipinski definition) is 3. The van der Waals surface area contributed by atoms with Gasteiger partial charge in [0.2, 0.25) is 0 Å². The summed E-state index contributed by atoms with van der Waals surface area (Å²) in [5.41, 5.74) is 2.35. The first-order chi connectivity index (χ1) is 9.27. The van der Waals surface area contributed by atoms with Gasteiger partial charge in [-0.3, -0.25) is 0 Å². The highest BCUT2D eigenvalue weighted by Gasteiger charge is 2.03. The zero-order valence-electron chi connectivity index (χ0n) is 11.5. The van der Waals surface area contributed by atoms with E-state index in [1.165, 1.54) is 5.56 Å². The molecular weight excluding hydrogens is 238 g/mol. The number of benzene rings is 1. The van der Waals surface area contributed by atoms with E-state index in [2.05, 4.69) is 28.6 Å². The molecule has 0 saturated heterocycles. The highest BCUT2D eigenvalue weighted by Crippen LogP contribution is 2.12. The second kappa shape index (κ2) is 7.07. The van der Waals surface area contributed by atoms with Gasteiger partial charge in [0.05, 0.1) is 18.4 Å². The summed E-state index contributed by atoms with van der Waals surface area (Å²) in [6, 6.07) is 10.2. The quantitative estimate of drug-likeness (QED) is 0.776. The smallest absolute Gasteiger partial charge is 0.0690 e. The third-order valence-electron chi connectivity index (χ3n) is 2.79. The van der Waals surface area contributed by atoms with Gasteiger partial charge in [0, 0.05) is 25.5 Å². The Morgan fingerprint density at radius 2 is 2.11 bits per heavy atom. The van der Waals surface area contributed by atoms with E-state index >= 15 is 0 Å². The number of aromatic nitrogens is 2. The van der Waals surface area contributed by atoms with Gasteiger partial charge in [-0.05, 0) is 31.5 Å². The molecule has 0 aliphatic heterocycles. The Morgan fingerprint density at radius 1 is 1.26 bits per heavy atom. The van der Waals surface area contributed by atoms with Crippen molar-refractivity contribution in [2.45, 2.75) is 26.5 Å². The molecule has 0 fully saturated rings. The summed E-state index contributed by atoms with van der Waals surface area (Å²) in [6.07, 6.45) is 4.04. The third-order valence-corrected chi connectivity index (χ3v) is 2.79. The summed E-state index contributed by atoms with van der Waals surface area (Å²) < 4.78 is 7.39. The van der Waals surface area contributed by atoms with Crippen LogP contribution in [-0.2, 0) is 11.3 Å². The van der Waals surface area contributed by atoms with E-state index in [1.54, 1.807) is 6.20 Å². The molecule has 0 amide bonds. The first kappa shape index (κ1) is 13.8. The van der Waals surface area contributed by atoms with Crippen LogP contribution in [0.1, 0.15) is 19.4 Å². The minimum atomic E-state index is 0.290. The fourth-order valence-corrected chi connectivity index (χ4v) is 1.88. The molecule has 0 aliphatic rings. The standard InChI is InChI=1S/C15H21N3O/c1-13(2)19-11-9-16-12-14-6-3-4-7-15(14)18-10-5-8-17-18/h3-8,10,13,16H,9,11-12H2,1-2H3. The molecule has 1 heterocycles. The monoisotopic (exact) mass is 259 g/mol. The molecule has 1 N–H and O–H groups in total. The Bertz CT molecular complexity index is 480. The van der Waals surface area contributed by atoms with E-state index in [0.717, 1.165) is 25.4 Å². The van der Waals surface area contributed by atoms with Gasteiger partial charge in [-0.1, -0.05) is 18.2 Å². The Balaban J connectivity index is 1.90. The maximum absolute atomic E-state index is 5.50. The Morgan fingerprint density at radius 3 is 2.84 bits per heavy atom. The summed E-state index contributed by atoms with van der Waals surface area (Å²) in [7, 11) is 0. The number of para-hydroxylation sites is 1. The molecule has 4 heteroatoms. The third kappa shape index (κ3) is 4.19. The Hall–Kier alpha value is -1.65. The van der Waals surface area contributed by atoms with Crippen LogP contribution < -0.4 is 5.32 Å². The summed E-state index contributed by atoms with van der Waals surface area (Å²) in [6.45, 7) is 6.50. The van der Waals surface area contributed by atoms with Gasteiger partial charge in [0.15, 0.2) is 0 Å². The number of nitrogens with zero attached hydrogens (tertiary/aromatic N) is 2. The summed E-state index contributed by atoms with van der Waals surface area (Å²) >= 11 is 0. The molecular formula is C15H21N3O. The van der Waals surface area contributed by atoms with Gasteiger partial charge in [-0.25, -0.2) is 4.68 Å². The van der Waals surface area contributed by atoms with E-state index in [-0.39, 0.29) is 6.10 Å². The number of ether oxygens (including phenoxy) is 1. The van der Waals surface area contributed by atoms with E-state index in [4.69, 9.17) is 4.74 Å². The normalized spacial score (nSPS) is 11.1. The van der Waals surface area contributed by atoms with E-state index in [1.807, 2.05) is 36.9 Å². The van der Waals surface area contributed by atoms with Crippen molar-refractivity contribution in [3.05, 3.63) is 48.3 Å². The van der Waals surface area contributed by atoms with Crippen molar-refractivity contribution in [2.24, 2.45) is 0 Å². The molecule has 0 bridgehead atoms. The highest BCUT2D eigenvalue weighted by molar-refractivity contribution is 5.40. The maximum atomic E-state index is 5.50. The van der Waals surface area contributed by atoms with Crippen molar-refractivity contribution in [1.82, 2.24) is 15.1 Å². The second-order valence-corrected chi connectivity index (χ2v) is 4.68. The lowest BCUT2D eigenvalue weighted by Crippen LogP contribution is -2.21. The second-order valence-electron chi connectivity index (χ2n) is 4.68. The summed E-state index contributed by atoms with van der Waals surface area (Å²) in [4.78, 5) is 0. The molecule has 0 aliphatic carbocycles. The molecule has 0 radical (unpaired) electrons. The minimum Gasteiger partial charge on any atom is -0.377 e. The van der Waals surface area contributed by atoms with Crippen LogP contribution in [0.15, 0.2) is 42.7 Å². The molecule has 4 nitrogen and oxygen atoms in total. The van der Waals surface area contributed by atoms with Crippen LogP contribution in [-0.4, -0.2) is 29.0 Å². The lowest BCUT2D eigenvalue weighted by molar-refractivity contribution is 0.0807. The predicted octanol–water partition coefficient (Wildman–Crippen LogP) is 2.39. The molecule has 0 saturated carbocycles. The number of hydrogen-bond donors (Lipinski definition) is 1. The van der Waals surface area contributed by atoms with Crippen LogP contribution in [0, 0.1) is 0 Å². The predicted molar refractivity (Wildman–Crippen MR) is 76.4 cm³/mol. The fraction of sp³-hybridized carbons (Fsp3) is 0.400. The zero-order valence-corrected chi connectivity index (χ0v) is 11.5. The summed E-state index contributed by atoms with van der Waals surface area (Å²) in [5.74, 6) is 0. The fourth-order valence-electron chi connectivity index (χ4n) is 1.88. The van der Waals surface area contributed by atoms with Gasteiger partial charge >= 0.3 is 0 Å². The highest BCUT2D eigenvalue weighted by atomic mass is 16.5. The van der Waals surface area contributed by atoms with E-state index < -0.39 is 0 Å². The van der Waals surface area contributed by atoms with Crippen LogP contribution in [0.5, 0.6) is 0 Å². The first-order valence-electron chi connectivity index (χ1n) is 6.67. The van der Waals surface area contributed by atoms with Gasteiger partial charge in [0.1, 0.15) is 0 Å². The van der Waals surface area contributed by atoms with Gasteiger partial charge in [-0.15, -0.1) is 0 Å². The molecule has 19 heavy (non-hydrogen) atoms. The van der Waals surface area contributed by atoms with Crippen LogP contribution in [0.4, 0.5) is 0 Å². The summed E-state index contributed by atoms with van der Waals surface area (Å²) in [5, 5.41) is 7.67. The molecule has 1 aromatic carbocycles. The van der Waals surface area contributed by atoms with E-state index in [9.17, 15) is 0 Å². The van der Waals surface area contributed by atoms with Crippen LogP contribution in [0.3, 0.4) is 0 Å². The van der Waals surface area contributed by atoms with Crippen LogP contribution >= 0.6 is 0 Å². The average molecular weight is 259 g/mol. The number of rotatable bonds is 7. The Kier molecular flexibility index (Phi) is 5.12. The molecule has 2 rings (SSSR count). The van der Waals surface area contributed by atoms with Gasteiger partial charge in [0.25, 0.3) is 0 Å². The van der Waals surface area contributed by atoms with Crippen molar-refractivity contribution in [3.63, 3.8) is 0 Å². The molecule has 0 spiro atoms. The molecule has 2 aromatic rings. The van der Waals surface area contributed by atoms with E-state index in [0.29, 0.717) is 0 Å². The van der Waals surface area contributed by atoms with Crippen molar-refractivity contribution in [2.75, 3.05) is 13.2 Å². The molecule has 1 aromatic heterocycles. The average Bonchev–Trinajstić information content (AvgIpc) is 2.92. The first-order valence-corrected chi connectivity index (χ1v) is 6.67. The van der Waals surface area contributed by atoms with Gasteiger partial charge in [-0.2, -0.15) is 5.10 Å². The maximum Gasteiger partial charge on any atom is 0.0690 e. The van der Waals surface area contributed by atoms with Crippen molar-refractivity contribution < 1.29 is 4.74 Å². The SMILES string of the molecule is CC(C)OCCNCc1ccccc1-n1cccn1. The van der Waals surface area contributed by atoms with Crippen molar-refractivity contribution in [1.29, 1.82) is 0 Å². The molecule has 0 unspecified atom stereocenters. The Labute approximate surface area is 114 Å². The van der Waals surface area contributed by atoms with Crippen LogP contribution in [0.2, 0.25) is 0 Å². The lowest BCUT2D eigenvalue weighted by atomic mass is 10.2. The largest absolute Gasteiger partial charge is 0.377 e. The van der Waals surface area contributed by atoms with Crippen molar-refractivity contribution in [3.8, 4) is 5.69 Å². The van der Waals surface area contributed by atoms with Crippen molar-refractivity contribution >= 4 is 0 Å². The van der Waals surface area contributed by atoms with Crippen LogP contribution in [0.25, 0.3) is 5.69 Å². The van der Waals surface area contributed by atoms with Gasteiger partial charge < -0.3 is 10.1 Å².